The van der Waals surface area contributed by atoms with Crippen LogP contribution in [0.3, 0.4) is 0 Å². The fourth-order valence-corrected chi connectivity index (χ4v) is 2.53. The van der Waals surface area contributed by atoms with E-state index in [4.69, 9.17) is 14.2 Å². The summed E-state index contributed by atoms with van der Waals surface area (Å²) in [5, 5.41) is 21.0. The van der Waals surface area contributed by atoms with Gasteiger partial charge in [-0.2, -0.15) is 0 Å². The second-order valence-electron chi connectivity index (χ2n) is 4.92. The molecule has 2 rings (SSSR count). The van der Waals surface area contributed by atoms with Gasteiger partial charge in [-0.25, -0.2) is 0 Å². The molecule has 0 aromatic heterocycles. The van der Waals surface area contributed by atoms with E-state index in [0.29, 0.717) is 11.3 Å². The summed E-state index contributed by atoms with van der Waals surface area (Å²) >= 11 is 0. The second-order valence-corrected chi connectivity index (χ2v) is 4.92. The van der Waals surface area contributed by atoms with Crippen LogP contribution in [0.5, 0.6) is 5.75 Å². The Morgan fingerprint density at radius 2 is 2.15 bits per heavy atom. The molecule has 0 saturated carbocycles. The normalized spacial score (nSPS) is 25.1. The number of benzene rings is 1. The molecule has 20 heavy (non-hydrogen) atoms. The van der Waals surface area contributed by atoms with Gasteiger partial charge in [0.2, 0.25) is 0 Å². The predicted octanol–water partition coefficient (Wildman–Crippen LogP) is 1.79. The average molecular weight is 283 g/mol. The van der Waals surface area contributed by atoms with Crippen LogP contribution in [0.15, 0.2) is 18.2 Å². The van der Waals surface area contributed by atoms with Crippen molar-refractivity contribution in [3.8, 4) is 5.75 Å². The van der Waals surface area contributed by atoms with Crippen LogP contribution in [0.1, 0.15) is 25.0 Å². The molecule has 2 atom stereocenters. The Kier molecular flexibility index (Phi) is 3.94. The average Bonchev–Trinajstić information content (AvgIpc) is 2.39. The van der Waals surface area contributed by atoms with E-state index in [2.05, 4.69) is 0 Å². The van der Waals surface area contributed by atoms with Gasteiger partial charge in [-0.15, -0.1) is 0 Å². The minimum Gasteiger partial charge on any atom is -0.482 e. The van der Waals surface area contributed by atoms with Crippen molar-refractivity contribution in [1.29, 1.82) is 0 Å². The molecule has 1 N–H and O–H groups in total. The fraction of sp³-hybridized carbons (Fsp3) is 0.538. The first kappa shape index (κ1) is 14.7. The predicted molar refractivity (Wildman–Crippen MR) is 69.5 cm³/mol. The molecule has 1 aromatic rings. The molecule has 1 aliphatic heterocycles. The van der Waals surface area contributed by atoms with E-state index in [1.165, 1.54) is 32.4 Å². The zero-order chi connectivity index (χ0) is 14.9. The van der Waals surface area contributed by atoms with Crippen LogP contribution >= 0.6 is 0 Å². The van der Waals surface area contributed by atoms with Crippen LogP contribution in [0.2, 0.25) is 0 Å². The van der Waals surface area contributed by atoms with Gasteiger partial charge in [0.1, 0.15) is 5.75 Å². The summed E-state index contributed by atoms with van der Waals surface area (Å²) in [6.45, 7) is 1.76. The summed E-state index contributed by atoms with van der Waals surface area (Å²) in [5.74, 6) is 0.399. The van der Waals surface area contributed by atoms with Crippen molar-refractivity contribution in [3.63, 3.8) is 0 Å². The summed E-state index contributed by atoms with van der Waals surface area (Å²) in [6, 6.07) is 4.15. The number of aliphatic hydroxyl groups excluding tert-OH is 1. The van der Waals surface area contributed by atoms with Crippen LogP contribution in [-0.4, -0.2) is 36.1 Å². The number of nitrogens with zero attached hydrogens (tertiary/aromatic N) is 1. The standard InChI is InChI=1S/C13H17NO6/c1-13(12(18-2)19-3)7-10(15)9-6-8(14(16)17)4-5-11(9)20-13/h4-6,10,12,15H,7H2,1-3H3/t10-,13-/m1/s1. The molecular formula is C13H17NO6. The Morgan fingerprint density at radius 1 is 1.50 bits per heavy atom. The Hall–Kier alpha value is -1.70. The van der Waals surface area contributed by atoms with Crippen molar-refractivity contribution in [2.75, 3.05) is 14.2 Å². The molecule has 1 heterocycles. The highest BCUT2D eigenvalue weighted by Gasteiger charge is 2.44. The van der Waals surface area contributed by atoms with Gasteiger partial charge >= 0.3 is 0 Å². The molecule has 0 amide bonds. The van der Waals surface area contributed by atoms with Crippen LogP contribution in [-0.2, 0) is 9.47 Å². The molecule has 110 valence electrons. The molecule has 0 aliphatic carbocycles. The maximum absolute atomic E-state index is 10.8. The largest absolute Gasteiger partial charge is 0.482 e. The van der Waals surface area contributed by atoms with E-state index in [9.17, 15) is 15.2 Å². The molecular weight excluding hydrogens is 266 g/mol. The quantitative estimate of drug-likeness (QED) is 0.514. The molecule has 1 aliphatic rings. The lowest BCUT2D eigenvalue weighted by Gasteiger charge is -2.41. The van der Waals surface area contributed by atoms with Gasteiger partial charge in [0, 0.05) is 38.3 Å². The van der Waals surface area contributed by atoms with Gasteiger partial charge in [-0.3, -0.25) is 10.1 Å². The second kappa shape index (κ2) is 5.35. The number of ether oxygens (including phenoxy) is 3. The highest BCUT2D eigenvalue weighted by molar-refractivity contribution is 5.46. The van der Waals surface area contributed by atoms with E-state index in [-0.39, 0.29) is 12.1 Å². The Bertz CT molecular complexity index is 516. The number of fused-ring (bicyclic) bond motifs is 1. The Morgan fingerprint density at radius 3 is 2.70 bits per heavy atom. The Balaban J connectivity index is 2.37. The van der Waals surface area contributed by atoms with E-state index in [1.807, 2.05) is 0 Å². The van der Waals surface area contributed by atoms with Crippen molar-refractivity contribution in [3.05, 3.63) is 33.9 Å². The van der Waals surface area contributed by atoms with Gasteiger partial charge in [-0.05, 0) is 13.0 Å². The summed E-state index contributed by atoms with van der Waals surface area (Å²) in [7, 11) is 2.97. The number of nitro benzene ring substituents is 1. The van der Waals surface area contributed by atoms with Crippen molar-refractivity contribution in [1.82, 2.24) is 0 Å². The first-order valence-electron chi connectivity index (χ1n) is 6.12. The highest BCUT2D eigenvalue weighted by atomic mass is 16.7. The first-order chi connectivity index (χ1) is 9.41. The van der Waals surface area contributed by atoms with Crippen LogP contribution in [0.4, 0.5) is 5.69 Å². The lowest BCUT2D eigenvalue weighted by atomic mass is 9.89. The maximum Gasteiger partial charge on any atom is 0.270 e. The SMILES string of the molecule is COC(OC)[C@@]1(C)C[C@@H](O)c2cc([N+](=O)[O-])ccc2O1. The highest BCUT2D eigenvalue weighted by Crippen LogP contribution is 2.43. The van der Waals surface area contributed by atoms with Crippen LogP contribution in [0.25, 0.3) is 0 Å². The maximum atomic E-state index is 10.8. The van der Waals surface area contributed by atoms with Crippen LogP contribution in [0, 0.1) is 10.1 Å². The smallest absolute Gasteiger partial charge is 0.270 e. The van der Waals surface area contributed by atoms with Gasteiger partial charge < -0.3 is 19.3 Å². The first-order valence-corrected chi connectivity index (χ1v) is 6.12. The van der Waals surface area contributed by atoms with Gasteiger partial charge in [0.05, 0.1) is 11.0 Å². The zero-order valence-corrected chi connectivity index (χ0v) is 11.5. The zero-order valence-electron chi connectivity index (χ0n) is 11.5. The topological polar surface area (TPSA) is 91.1 Å². The third-order valence-electron chi connectivity index (χ3n) is 3.43. The Labute approximate surface area is 116 Å². The summed E-state index contributed by atoms with van der Waals surface area (Å²) in [5.41, 5.74) is -0.542. The minimum absolute atomic E-state index is 0.0787. The third-order valence-corrected chi connectivity index (χ3v) is 3.43. The van der Waals surface area contributed by atoms with Crippen molar-refractivity contribution < 1.29 is 24.2 Å². The number of hydrogen-bond acceptors (Lipinski definition) is 6. The number of non-ortho nitro benzene ring substituents is 1. The van der Waals surface area contributed by atoms with E-state index >= 15 is 0 Å². The summed E-state index contributed by atoms with van der Waals surface area (Å²) in [6.07, 6.45) is -1.31. The molecule has 0 saturated heterocycles. The van der Waals surface area contributed by atoms with Crippen LogP contribution < -0.4 is 4.74 Å². The third kappa shape index (κ3) is 2.47. The number of methoxy groups -OCH3 is 2. The molecule has 0 unspecified atom stereocenters. The van der Waals surface area contributed by atoms with E-state index in [0.717, 1.165) is 0 Å². The molecule has 0 spiro atoms. The molecule has 0 radical (unpaired) electrons. The van der Waals surface area contributed by atoms with Gasteiger partial charge in [-0.1, -0.05) is 0 Å². The molecule has 7 heteroatoms. The number of nitro groups is 1. The van der Waals surface area contributed by atoms with Gasteiger partial charge in [0.15, 0.2) is 11.9 Å². The molecule has 0 fully saturated rings. The summed E-state index contributed by atoms with van der Waals surface area (Å²) < 4.78 is 16.2. The number of aliphatic hydroxyl groups is 1. The monoisotopic (exact) mass is 283 g/mol. The summed E-state index contributed by atoms with van der Waals surface area (Å²) in [4.78, 5) is 10.3. The molecule has 7 nitrogen and oxygen atoms in total. The fourth-order valence-electron chi connectivity index (χ4n) is 2.53. The number of hydrogen-bond donors (Lipinski definition) is 1. The van der Waals surface area contributed by atoms with Crippen molar-refractivity contribution in [2.24, 2.45) is 0 Å². The van der Waals surface area contributed by atoms with E-state index in [1.54, 1.807) is 6.92 Å². The van der Waals surface area contributed by atoms with E-state index < -0.39 is 22.9 Å². The minimum atomic E-state index is -0.878. The van der Waals surface area contributed by atoms with Gasteiger partial charge in [0.25, 0.3) is 5.69 Å². The lowest BCUT2D eigenvalue weighted by Crippen LogP contribution is -2.50. The number of rotatable bonds is 4. The lowest BCUT2D eigenvalue weighted by molar-refractivity contribution is -0.385. The molecule has 0 bridgehead atoms. The van der Waals surface area contributed by atoms with Crippen molar-refractivity contribution in [2.45, 2.75) is 31.3 Å². The molecule has 1 aromatic carbocycles. The van der Waals surface area contributed by atoms with Crippen molar-refractivity contribution >= 4 is 5.69 Å².